The van der Waals surface area contributed by atoms with Crippen molar-refractivity contribution in [2.45, 2.75) is 51.5 Å². The van der Waals surface area contributed by atoms with Crippen molar-refractivity contribution in [1.29, 1.82) is 0 Å². The highest BCUT2D eigenvalue weighted by Gasteiger charge is 2.10. The van der Waals surface area contributed by atoms with Crippen LogP contribution >= 0.6 is 19.9 Å². The average Bonchev–Trinajstić information content (AvgIpc) is 2.69. The maximum atomic E-state index is 10.4. The zero-order valence-electron chi connectivity index (χ0n) is 16.3. The molecule has 1 atom stereocenters. The van der Waals surface area contributed by atoms with Gasteiger partial charge in [0.2, 0.25) is 0 Å². The van der Waals surface area contributed by atoms with Crippen molar-refractivity contribution in [2.24, 2.45) is 0 Å². The van der Waals surface area contributed by atoms with Gasteiger partial charge in [-0.1, -0.05) is 66.9 Å². The van der Waals surface area contributed by atoms with Crippen LogP contribution in [0, 0.1) is 0 Å². The molecular weight excluding hydrogens is 393 g/mol. The van der Waals surface area contributed by atoms with E-state index >= 15 is 0 Å². The van der Waals surface area contributed by atoms with Crippen molar-refractivity contribution in [1.82, 2.24) is 5.32 Å². The van der Waals surface area contributed by atoms with Gasteiger partial charge >= 0.3 is 8.25 Å². The molecule has 4 nitrogen and oxygen atoms in total. The molecule has 28 heavy (non-hydrogen) atoms. The fourth-order valence-electron chi connectivity index (χ4n) is 3.12. The van der Waals surface area contributed by atoms with Gasteiger partial charge in [0.15, 0.2) is 0 Å². The van der Waals surface area contributed by atoms with Gasteiger partial charge in [-0.2, -0.15) is 0 Å². The van der Waals surface area contributed by atoms with Gasteiger partial charge < -0.3 is 5.32 Å². The maximum absolute atomic E-state index is 10.4. The van der Waals surface area contributed by atoms with Gasteiger partial charge in [-0.3, -0.25) is 0 Å². The first-order chi connectivity index (χ1) is 13.6. The summed E-state index contributed by atoms with van der Waals surface area (Å²) in [5, 5.41) is 4.12. The summed E-state index contributed by atoms with van der Waals surface area (Å²) in [7, 11) is -2.49. The molecule has 2 N–H and O–H groups in total. The molecule has 0 bridgehead atoms. The van der Waals surface area contributed by atoms with Crippen LogP contribution in [0.1, 0.15) is 48.8 Å². The highest BCUT2D eigenvalue weighted by atomic mass is 35.5. The van der Waals surface area contributed by atoms with E-state index in [1.165, 1.54) is 36.8 Å². The molecule has 2 rings (SSSR count). The molecule has 0 radical (unpaired) electrons. The van der Waals surface area contributed by atoms with E-state index in [0.717, 1.165) is 36.5 Å². The lowest BCUT2D eigenvalue weighted by Crippen LogP contribution is -2.16. The second kappa shape index (κ2) is 13.8. The minimum absolute atomic E-state index is 0.281. The Hall–Kier alpha value is -1.29. The zero-order chi connectivity index (χ0) is 20.0. The van der Waals surface area contributed by atoms with E-state index in [1.807, 2.05) is 6.07 Å². The van der Waals surface area contributed by atoms with Crippen LogP contribution in [-0.4, -0.2) is 18.0 Å². The lowest BCUT2D eigenvalue weighted by atomic mass is 10.0. The number of aryl methyl sites for hydroxylation is 2. The van der Waals surface area contributed by atoms with Crippen LogP contribution in [0.4, 0.5) is 0 Å². The van der Waals surface area contributed by atoms with Crippen molar-refractivity contribution in [3.63, 3.8) is 0 Å². The maximum Gasteiger partial charge on any atom is 0.694 e. The molecule has 0 aliphatic carbocycles. The van der Waals surface area contributed by atoms with E-state index in [0.29, 0.717) is 6.42 Å². The molecule has 0 aliphatic rings. The van der Waals surface area contributed by atoms with Crippen LogP contribution in [0.2, 0.25) is 5.02 Å². The van der Waals surface area contributed by atoms with Crippen LogP contribution in [0.15, 0.2) is 48.5 Å². The van der Waals surface area contributed by atoms with Crippen LogP contribution in [0.3, 0.4) is 0 Å². The molecule has 0 spiro atoms. The molecule has 6 heteroatoms. The average molecular weight is 423 g/mol. The number of hydrogen-bond donors (Lipinski definition) is 2. The molecule has 0 aliphatic heterocycles. The summed E-state index contributed by atoms with van der Waals surface area (Å²) in [6.45, 7) is 1.74. The van der Waals surface area contributed by atoms with Crippen molar-refractivity contribution in [3.05, 3.63) is 70.2 Å². The third-order valence-electron chi connectivity index (χ3n) is 4.65. The third-order valence-corrected chi connectivity index (χ3v) is 5.41. The number of hydrogen-bond acceptors (Lipinski definition) is 3. The first-order valence-corrected chi connectivity index (χ1v) is 11.5. The van der Waals surface area contributed by atoms with Gasteiger partial charge in [0, 0.05) is 16.1 Å². The number of benzene rings is 2. The fourth-order valence-corrected chi connectivity index (χ4v) is 3.70. The van der Waals surface area contributed by atoms with Crippen LogP contribution < -0.4 is 5.32 Å². The number of halogens is 1. The van der Waals surface area contributed by atoms with Crippen molar-refractivity contribution >= 4 is 19.9 Å². The summed E-state index contributed by atoms with van der Waals surface area (Å²) >= 11 is 6.44. The molecule has 0 amide bonds. The Kier molecular flexibility index (Phi) is 11.3. The van der Waals surface area contributed by atoms with E-state index in [1.54, 1.807) is 0 Å². The molecule has 0 saturated heterocycles. The predicted octanol–water partition coefficient (Wildman–Crippen LogP) is 5.83. The Morgan fingerprint density at radius 2 is 1.68 bits per heavy atom. The van der Waals surface area contributed by atoms with Gasteiger partial charge in [-0.25, -0.2) is 0 Å². The SMILES string of the molecule is O=[P+](O)OCCCNCc1ccc(CCCCCCc2ccccc2)c(Cl)c1. The highest BCUT2D eigenvalue weighted by molar-refractivity contribution is 7.32. The van der Waals surface area contributed by atoms with E-state index in [2.05, 4.69) is 52.3 Å². The van der Waals surface area contributed by atoms with Gasteiger partial charge in [0.1, 0.15) is 6.61 Å². The van der Waals surface area contributed by atoms with Gasteiger partial charge in [0.25, 0.3) is 0 Å². The fraction of sp³-hybridized carbons (Fsp3) is 0.455. The Morgan fingerprint density at radius 1 is 0.929 bits per heavy atom. The molecule has 0 aromatic heterocycles. The van der Waals surface area contributed by atoms with E-state index < -0.39 is 8.25 Å². The molecule has 0 fully saturated rings. The van der Waals surface area contributed by atoms with Crippen molar-refractivity contribution in [2.75, 3.05) is 13.2 Å². The summed E-state index contributed by atoms with van der Waals surface area (Å²) in [5.41, 5.74) is 3.78. The Bertz CT molecular complexity index is 712. The molecule has 1 unspecified atom stereocenters. The van der Waals surface area contributed by atoms with Gasteiger partial charge in [-0.05, 0) is 61.4 Å². The second-order valence-electron chi connectivity index (χ2n) is 6.93. The Morgan fingerprint density at radius 3 is 2.39 bits per heavy atom. The van der Waals surface area contributed by atoms with Crippen LogP contribution in [0.25, 0.3) is 0 Å². The lowest BCUT2D eigenvalue weighted by molar-refractivity contribution is 0.276. The Labute approximate surface area is 174 Å². The van der Waals surface area contributed by atoms with Crippen molar-refractivity contribution in [3.8, 4) is 0 Å². The van der Waals surface area contributed by atoms with Crippen molar-refractivity contribution < 1.29 is 14.0 Å². The Balaban J connectivity index is 1.58. The smallest absolute Gasteiger partial charge is 0.313 e. The normalized spacial score (nSPS) is 11.6. The summed E-state index contributed by atoms with van der Waals surface area (Å²) in [4.78, 5) is 8.55. The standard InChI is InChI=1S/C22H29ClNO3P/c23-22-17-20(18-24-15-8-16-27-28(25)26)13-14-21(22)12-7-2-1-4-9-19-10-5-3-6-11-19/h3,5-6,10-11,13-14,17,24H,1-2,4,7-9,12,15-16,18H2/p+1. The molecule has 152 valence electrons. The molecule has 2 aromatic rings. The summed E-state index contributed by atoms with van der Waals surface area (Å²) < 4.78 is 15.0. The topological polar surface area (TPSA) is 58.6 Å². The first-order valence-electron chi connectivity index (χ1n) is 9.96. The summed E-state index contributed by atoms with van der Waals surface area (Å²) in [6, 6.07) is 16.9. The highest BCUT2D eigenvalue weighted by Crippen LogP contribution is 2.21. The number of rotatable bonds is 14. The molecule has 2 aromatic carbocycles. The van der Waals surface area contributed by atoms with Crippen LogP contribution in [0.5, 0.6) is 0 Å². The molecule has 0 saturated carbocycles. The summed E-state index contributed by atoms with van der Waals surface area (Å²) in [5.74, 6) is 0. The lowest BCUT2D eigenvalue weighted by Gasteiger charge is -2.08. The minimum Gasteiger partial charge on any atom is -0.313 e. The van der Waals surface area contributed by atoms with E-state index in [-0.39, 0.29) is 6.61 Å². The largest absolute Gasteiger partial charge is 0.694 e. The number of unbranched alkanes of at least 4 members (excludes halogenated alkanes) is 3. The van der Waals surface area contributed by atoms with Gasteiger partial charge in [0.05, 0.1) is 0 Å². The molecule has 0 heterocycles. The molecular formula is C22H30ClNO3P+. The predicted molar refractivity (Wildman–Crippen MR) is 116 cm³/mol. The monoisotopic (exact) mass is 422 g/mol. The van der Waals surface area contributed by atoms with E-state index in [9.17, 15) is 4.57 Å². The first kappa shape index (κ1) is 23.0. The van der Waals surface area contributed by atoms with Crippen LogP contribution in [-0.2, 0) is 28.5 Å². The second-order valence-corrected chi connectivity index (χ2v) is 8.07. The summed E-state index contributed by atoms with van der Waals surface area (Å²) in [6.07, 6.45) is 7.76. The van der Waals surface area contributed by atoms with Gasteiger partial charge in [-0.15, -0.1) is 9.42 Å². The third kappa shape index (κ3) is 9.77. The zero-order valence-corrected chi connectivity index (χ0v) is 17.9. The minimum atomic E-state index is -2.49. The van der Waals surface area contributed by atoms with E-state index in [4.69, 9.17) is 16.5 Å². The quantitative estimate of drug-likeness (QED) is 0.297. The number of nitrogens with one attached hydrogen (secondary N) is 1.